The summed E-state index contributed by atoms with van der Waals surface area (Å²) in [5, 5.41) is 23.2. The van der Waals surface area contributed by atoms with Crippen molar-refractivity contribution in [1.82, 2.24) is 0 Å². The lowest BCUT2D eigenvalue weighted by Gasteiger charge is -2.04. The van der Waals surface area contributed by atoms with Gasteiger partial charge in [0.2, 0.25) is 0 Å². The molecule has 2 aromatic carbocycles. The molecule has 0 atom stereocenters. The van der Waals surface area contributed by atoms with Crippen LogP contribution < -0.4 is 5.32 Å². The zero-order chi connectivity index (χ0) is 19.9. The van der Waals surface area contributed by atoms with E-state index in [1.54, 1.807) is 48.5 Å². The summed E-state index contributed by atoms with van der Waals surface area (Å²) in [4.78, 5) is 13.1. The molecule has 0 saturated heterocycles. The lowest BCUT2D eigenvalue weighted by Crippen LogP contribution is -2.13. The highest BCUT2D eigenvalue weighted by atomic mass is 35.5. The van der Waals surface area contributed by atoms with E-state index in [2.05, 4.69) is 5.32 Å². The number of thiocyanates is 1. The molecule has 7 heteroatoms. The fraction of sp³-hybridized carbons (Fsp3) is 0. The fourth-order valence-electron chi connectivity index (χ4n) is 2.35. The molecule has 3 rings (SSSR count). The summed E-state index contributed by atoms with van der Waals surface area (Å²) in [6.45, 7) is 0. The van der Waals surface area contributed by atoms with Gasteiger partial charge in [-0.05, 0) is 72.4 Å². The average molecular weight is 406 g/mol. The van der Waals surface area contributed by atoms with Crippen LogP contribution in [0.4, 0.5) is 5.69 Å². The molecule has 0 aliphatic heterocycles. The zero-order valence-corrected chi connectivity index (χ0v) is 15.9. The highest BCUT2D eigenvalue weighted by Gasteiger charge is 2.12. The first-order chi connectivity index (χ1) is 13.6. The predicted octanol–water partition coefficient (Wildman–Crippen LogP) is 5.72. The molecule has 0 bridgehead atoms. The number of hydrogen-bond donors (Lipinski definition) is 1. The summed E-state index contributed by atoms with van der Waals surface area (Å²) in [7, 11) is 0. The van der Waals surface area contributed by atoms with Crippen LogP contribution in [0.1, 0.15) is 5.76 Å². The second-order valence-corrected chi connectivity index (χ2v) is 6.85. The molecule has 0 unspecified atom stereocenters. The Kier molecular flexibility index (Phi) is 6.18. The number of carbonyl (C=O) groups excluding carboxylic acids is 1. The van der Waals surface area contributed by atoms with E-state index in [1.807, 2.05) is 23.6 Å². The largest absolute Gasteiger partial charge is 0.457 e. The van der Waals surface area contributed by atoms with E-state index in [1.165, 1.54) is 6.08 Å². The van der Waals surface area contributed by atoms with Crippen molar-refractivity contribution in [3.05, 3.63) is 77.0 Å². The molecule has 3 aromatic rings. The molecule has 136 valence electrons. The van der Waals surface area contributed by atoms with E-state index in [9.17, 15) is 10.1 Å². The van der Waals surface area contributed by atoms with Gasteiger partial charge in [-0.1, -0.05) is 11.6 Å². The van der Waals surface area contributed by atoms with Crippen LogP contribution in [0, 0.1) is 22.0 Å². The molecule has 0 radical (unpaired) electrons. The first-order valence-electron chi connectivity index (χ1n) is 8.04. The van der Waals surface area contributed by atoms with Crippen LogP contribution in [-0.2, 0) is 4.79 Å². The van der Waals surface area contributed by atoms with Crippen LogP contribution in [0.25, 0.3) is 17.4 Å². The molecular formula is C21H12ClN3O2S. The fourth-order valence-corrected chi connectivity index (χ4v) is 2.85. The molecule has 1 aromatic heterocycles. The second kappa shape index (κ2) is 8.96. The number of thioether (sulfide) groups is 1. The van der Waals surface area contributed by atoms with E-state index in [-0.39, 0.29) is 5.57 Å². The topological polar surface area (TPSA) is 89.8 Å². The Morgan fingerprint density at radius 3 is 2.39 bits per heavy atom. The van der Waals surface area contributed by atoms with Crippen LogP contribution in [0.15, 0.2) is 75.5 Å². The molecule has 1 heterocycles. The Balaban J connectivity index is 1.74. The van der Waals surface area contributed by atoms with Gasteiger partial charge in [-0.2, -0.15) is 10.5 Å². The van der Waals surface area contributed by atoms with Crippen molar-refractivity contribution in [3.63, 3.8) is 0 Å². The number of nitrogens with zero attached hydrogens (tertiary/aromatic N) is 2. The van der Waals surface area contributed by atoms with Gasteiger partial charge in [0.25, 0.3) is 5.91 Å². The lowest BCUT2D eigenvalue weighted by atomic mass is 10.2. The number of nitriles is 2. The maximum absolute atomic E-state index is 12.4. The van der Waals surface area contributed by atoms with Gasteiger partial charge in [0.1, 0.15) is 28.6 Å². The molecular weight excluding hydrogens is 394 g/mol. The number of rotatable bonds is 5. The van der Waals surface area contributed by atoms with E-state index >= 15 is 0 Å². The monoisotopic (exact) mass is 405 g/mol. The first-order valence-corrected chi connectivity index (χ1v) is 9.23. The SMILES string of the molecule is N#CSc1ccc(NC(=O)C(C#N)=Cc2ccc(-c3ccc(Cl)cc3)o2)cc1. The maximum atomic E-state index is 12.4. The van der Waals surface area contributed by atoms with Crippen LogP contribution in [0.5, 0.6) is 0 Å². The molecule has 1 amide bonds. The van der Waals surface area contributed by atoms with Crippen molar-refractivity contribution in [3.8, 4) is 22.8 Å². The van der Waals surface area contributed by atoms with Gasteiger partial charge in [-0.3, -0.25) is 4.79 Å². The summed E-state index contributed by atoms with van der Waals surface area (Å²) < 4.78 is 5.70. The third-order valence-corrected chi connectivity index (χ3v) is 4.53. The first kappa shape index (κ1) is 19.3. The molecule has 28 heavy (non-hydrogen) atoms. The molecule has 0 saturated carbocycles. The second-order valence-electron chi connectivity index (χ2n) is 5.55. The molecule has 5 nitrogen and oxygen atoms in total. The van der Waals surface area contributed by atoms with E-state index in [0.29, 0.717) is 22.2 Å². The summed E-state index contributed by atoms with van der Waals surface area (Å²) >= 11 is 6.91. The number of amides is 1. The predicted molar refractivity (Wildman–Crippen MR) is 109 cm³/mol. The third-order valence-electron chi connectivity index (χ3n) is 3.68. The number of hydrogen-bond acceptors (Lipinski definition) is 5. The van der Waals surface area contributed by atoms with Crippen LogP contribution in [0.3, 0.4) is 0 Å². The van der Waals surface area contributed by atoms with Gasteiger partial charge in [-0.15, -0.1) is 0 Å². The molecule has 1 N–H and O–H groups in total. The number of benzene rings is 2. The normalized spacial score (nSPS) is 10.8. The Bertz CT molecular complexity index is 1100. The summed E-state index contributed by atoms with van der Waals surface area (Å²) in [5.41, 5.74) is 1.27. The zero-order valence-electron chi connectivity index (χ0n) is 14.3. The molecule has 0 aliphatic carbocycles. The van der Waals surface area contributed by atoms with Gasteiger partial charge in [-0.25, -0.2) is 0 Å². The highest BCUT2D eigenvalue weighted by Crippen LogP contribution is 2.25. The van der Waals surface area contributed by atoms with Crippen molar-refractivity contribution < 1.29 is 9.21 Å². The average Bonchev–Trinajstić information content (AvgIpc) is 3.17. The van der Waals surface area contributed by atoms with Crippen LogP contribution in [-0.4, -0.2) is 5.91 Å². The molecule has 0 fully saturated rings. The van der Waals surface area contributed by atoms with Gasteiger partial charge >= 0.3 is 0 Å². The summed E-state index contributed by atoms with van der Waals surface area (Å²) in [6, 6.07) is 19.2. The number of carbonyl (C=O) groups is 1. The van der Waals surface area contributed by atoms with Gasteiger partial charge in [0, 0.05) is 27.2 Å². The standard InChI is InChI=1S/C21H12ClN3O2S/c22-16-3-1-14(2-4-16)20-10-7-18(27-20)11-15(12-23)21(26)25-17-5-8-19(9-6-17)28-13-24/h1-11H,(H,25,26). The third kappa shape index (κ3) is 4.83. The van der Waals surface area contributed by atoms with Gasteiger partial charge in [0.05, 0.1) is 0 Å². The Labute approximate surface area is 170 Å². The Morgan fingerprint density at radius 1 is 1.04 bits per heavy atom. The van der Waals surface area contributed by atoms with E-state index in [0.717, 1.165) is 22.2 Å². The minimum absolute atomic E-state index is 0.0903. The van der Waals surface area contributed by atoms with Crippen molar-refractivity contribution in [2.24, 2.45) is 0 Å². The minimum atomic E-state index is -0.548. The number of anilines is 1. The van der Waals surface area contributed by atoms with Crippen LogP contribution in [0.2, 0.25) is 5.02 Å². The number of furan rings is 1. The smallest absolute Gasteiger partial charge is 0.266 e. The van der Waals surface area contributed by atoms with Crippen molar-refractivity contribution in [1.29, 1.82) is 10.5 Å². The molecule has 0 aliphatic rings. The van der Waals surface area contributed by atoms with E-state index < -0.39 is 5.91 Å². The number of halogens is 1. The number of nitrogens with one attached hydrogen (secondary N) is 1. The van der Waals surface area contributed by atoms with Crippen LogP contribution >= 0.6 is 23.4 Å². The summed E-state index contributed by atoms with van der Waals surface area (Å²) in [5.74, 6) is 0.441. The quantitative estimate of drug-likeness (QED) is 0.254. The Morgan fingerprint density at radius 2 is 1.75 bits per heavy atom. The minimum Gasteiger partial charge on any atom is -0.457 e. The van der Waals surface area contributed by atoms with E-state index in [4.69, 9.17) is 21.3 Å². The van der Waals surface area contributed by atoms with Crippen molar-refractivity contribution in [2.45, 2.75) is 4.90 Å². The molecule has 0 spiro atoms. The van der Waals surface area contributed by atoms with Crippen molar-refractivity contribution >= 4 is 41.0 Å². The Hall–Kier alpha value is -3.45. The van der Waals surface area contributed by atoms with Crippen molar-refractivity contribution in [2.75, 3.05) is 5.32 Å². The van der Waals surface area contributed by atoms with Gasteiger partial charge in [0.15, 0.2) is 0 Å². The highest BCUT2D eigenvalue weighted by molar-refractivity contribution is 8.03. The maximum Gasteiger partial charge on any atom is 0.266 e. The van der Waals surface area contributed by atoms with Gasteiger partial charge < -0.3 is 9.73 Å². The lowest BCUT2D eigenvalue weighted by molar-refractivity contribution is -0.112. The summed E-state index contributed by atoms with van der Waals surface area (Å²) in [6.07, 6.45) is 1.38.